The molecular weight excluding hydrogens is 632 g/mol. The van der Waals surface area contributed by atoms with Gasteiger partial charge in [0.2, 0.25) is 0 Å². The molecule has 0 radical (unpaired) electrons. The molecule has 6 fully saturated rings. The largest absolute Gasteiger partial charge is 0.463 e. The molecule has 4 aliphatic carbocycles. The molecule has 266 valence electrons. The van der Waals surface area contributed by atoms with Crippen LogP contribution in [0.3, 0.4) is 0 Å². The van der Waals surface area contributed by atoms with Crippen molar-refractivity contribution in [1.29, 1.82) is 0 Å². The third-order valence-electron chi connectivity index (χ3n) is 14.1. The van der Waals surface area contributed by atoms with Gasteiger partial charge in [0.25, 0.3) is 10.1 Å². The fourth-order valence-electron chi connectivity index (χ4n) is 12.0. The summed E-state index contributed by atoms with van der Waals surface area (Å²) in [5.74, 6) is -0.178. The maximum Gasteiger partial charge on any atom is 0.302 e. The standard InChI is InChI=1S/C38H54O9S/c1-21-8-11-28(12-9-21)48(41,42)47-34-16-22(2)20-43-38(34)23(3)35-32(46-38)18-31-29-13-10-26-17-27(44-24(4)39)14-15-36(26,6)30(29)19-33(37(31,35)7)45-25(5)40/h8-9,11-12,22-23,26-27,29-35H,10,13-20H2,1-7H3/t22-,23+,26+,27+,29-,30+,31+,32+,33-,34+,35+,36+,37-,38+/m1/s1. The van der Waals surface area contributed by atoms with Crippen LogP contribution >= 0.6 is 0 Å². The van der Waals surface area contributed by atoms with Gasteiger partial charge >= 0.3 is 11.9 Å². The molecule has 2 heterocycles. The lowest BCUT2D eigenvalue weighted by atomic mass is 9.43. The summed E-state index contributed by atoms with van der Waals surface area (Å²) in [4.78, 5) is 24.7. The highest BCUT2D eigenvalue weighted by atomic mass is 32.2. The van der Waals surface area contributed by atoms with Crippen LogP contribution in [0.2, 0.25) is 0 Å². The zero-order valence-corrected chi connectivity index (χ0v) is 30.4. The number of esters is 2. The second-order valence-corrected chi connectivity index (χ2v) is 18.4. The van der Waals surface area contributed by atoms with Gasteiger partial charge in [0.15, 0.2) is 5.79 Å². The first-order valence-electron chi connectivity index (χ1n) is 18.2. The Labute approximate surface area is 286 Å². The lowest BCUT2D eigenvalue weighted by molar-refractivity contribution is -0.311. The second-order valence-electron chi connectivity index (χ2n) is 16.8. The van der Waals surface area contributed by atoms with E-state index in [0.29, 0.717) is 30.8 Å². The van der Waals surface area contributed by atoms with Gasteiger partial charge < -0.3 is 18.9 Å². The van der Waals surface area contributed by atoms with E-state index in [4.69, 9.17) is 23.1 Å². The van der Waals surface area contributed by atoms with Crippen molar-refractivity contribution in [2.24, 2.45) is 52.3 Å². The molecule has 2 saturated heterocycles. The van der Waals surface area contributed by atoms with E-state index >= 15 is 0 Å². The van der Waals surface area contributed by atoms with Crippen LogP contribution in [0.25, 0.3) is 0 Å². The number of aryl methyl sites for hydroxylation is 1. The van der Waals surface area contributed by atoms with Gasteiger partial charge in [0.05, 0.1) is 17.6 Å². The number of carbonyl (C=O) groups is 2. The third-order valence-corrected chi connectivity index (χ3v) is 15.5. The Kier molecular flexibility index (Phi) is 8.65. The first-order chi connectivity index (χ1) is 22.6. The van der Waals surface area contributed by atoms with Crippen molar-refractivity contribution >= 4 is 22.1 Å². The molecule has 4 saturated carbocycles. The van der Waals surface area contributed by atoms with Crippen LogP contribution in [0, 0.1) is 59.2 Å². The van der Waals surface area contributed by atoms with Crippen molar-refractivity contribution in [3.63, 3.8) is 0 Å². The minimum absolute atomic E-state index is 0.000354. The molecule has 1 spiro atoms. The van der Waals surface area contributed by atoms with Crippen molar-refractivity contribution < 1.29 is 41.1 Å². The molecule has 0 unspecified atom stereocenters. The predicted octanol–water partition coefficient (Wildman–Crippen LogP) is 6.60. The number of carbonyl (C=O) groups excluding carboxylic acids is 2. The molecule has 0 N–H and O–H groups in total. The van der Waals surface area contributed by atoms with Crippen LogP contribution in [0.5, 0.6) is 0 Å². The molecule has 1 aromatic rings. The molecular formula is C38H54O9S. The molecule has 10 heteroatoms. The molecule has 0 amide bonds. The number of hydrogen-bond acceptors (Lipinski definition) is 9. The molecule has 2 aliphatic heterocycles. The molecule has 7 rings (SSSR count). The summed E-state index contributed by atoms with van der Waals surface area (Å²) in [5.41, 5.74) is 0.680. The zero-order chi connectivity index (χ0) is 34.4. The smallest absolute Gasteiger partial charge is 0.302 e. The van der Waals surface area contributed by atoms with E-state index in [-0.39, 0.29) is 69.6 Å². The van der Waals surface area contributed by atoms with Crippen LogP contribution in [0.15, 0.2) is 29.2 Å². The average Bonchev–Trinajstić information content (AvgIpc) is 3.46. The molecule has 0 aromatic heterocycles. The maximum atomic E-state index is 13.6. The number of benzene rings is 1. The quantitative estimate of drug-likeness (QED) is 0.250. The summed E-state index contributed by atoms with van der Waals surface area (Å²) in [6, 6.07) is 6.72. The highest BCUT2D eigenvalue weighted by Gasteiger charge is 2.74. The van der Waals surface area contributed by atoms with E-state index in [9.17, 15) is 18.0 Å². The van der Waals surface area contributed by atoms with Gasteiger partial charge in [-0.2, -0.15) is 8.42 Å². The fraction of sp³-hybridized carbons (Fsp3) is 0.789. The second kappa shape index (κ2) is 12.1. The van der Waals surface area contributed by atoms with Gasteiger partial charge in [-0.3, -0.25) is 13.8 Å². The van der Waals surface area contributed by atoms with Crippen LogP contribution in [0.1, 0.15) is 98.5 Å². The van der Waals surface area contributed by atoms with Crippen molar-refractivity contribution in [2.75, 3.05) is 6.61 Å². The lowest BCUT2D eigenvalue weighted by Crippen LogP contribution is -2.61. The summed E-state index contributed by atoms with van der Waals surface area (Å²) in [7, 11) is -4.08. The van der Waals surface area contributed by atoms with E-state index in [1.54, 1.807) is 24.3 Å². The van der Waals surface area contributed by atoms with Crippen molar-refractivity contribution in [2.45, 2.75) is 135 Å². The van der Waals surface area contributed by atoms with Gasteiger partial charge in [-0.05, 0) is 105 Å². The van der Waals surface area contributed by atoms with E-state index in [1.807, 2.05) is 13.8 Å². The van der Waals surface area contributed by atoms with E-state index in [2.05, 4.69) is 20.8 Å². The highest BCUT2D eigenvalue weighted by Crippen LogP contribution is 2.72. The summed E-state index contributed by atoms with van der Waals surface area (Å²) >= 11 is 0. The molecule has 14 atom stereocenters. The first-order valence-corrected chi connectivity index (χ1v) is 19.7. The van der Waals surface area contributed by atoms with Gasteiger partial charge in [0, 0.05) is 31.1 Å². The van der Waals surface area contributed by atoms with Gasteiger partial charge in [-0.15, -0.1) is 0 Å². The van der Waals surface area contributed by atoms with Gasteiger partial charge in [0.1, 0.15) is 18.3 Å². The first kappa shape index (κ1) is 34.4. The molecule has 9 nitrogen and oxygen atoms in total. The van der Waals surface area contributed by atoms with Crippen molar-refractivity contribution in [1.82, 2.24) is 0 Å². The molecule has 6 aliphatic rings. The molecule has 0 bridgehead atoms. The fourth-order valence-corrected chi connectivity index (χ4v) is 13.1. The Bertz CT molecular complexity index is 1530. The monoisotopic (exact) mass is 686 g/mol. The third kappa shape index (κ3) is 5.37. The van der Waals surface area contributed by atoms with Crippen LogP contribution in [-0.2, 0) is 42.8 Å². The zero-order valence-electron chi connectivity index (χ0n) is 29.6. The highest BCUT2D eigenvalue weighted by molar-refractivity contribution is 7.86. The summed E-state index contributed by atoms with van der Waals surface area (Å²) < 4.78 is 59.1. The number of fused-ring (bicyclic) bond motifs is 7. The Balaban J connectivity index is 1.19. The Morgan fingerprint density at radius 3 is 2.27 bits per heavy atom. The average molecular weight is 687 g/mol. The van der Waals surface area contributed by atoms with Crippen molar-refractivity contribution in [3.8, 4) is 0 Å². The number of rotatable bonds is 5. The Hall–Kier alpha value is -2.01. The summed E-state index contributed by atoms with van der Waals surface area (Å²) in [6.45, 7) is 14.3. The number of hydrogen-bond donors (Lipinski definition) is 0. The summed E-state index contributed by atoms with van der Waals surface area (Å²) in [6.07, 6.45) is 5.79. The predicted molar refractivity (Wildman–Crippen MR) is 177 cm³/mol. The van der Waals surface area contributed by atoms with E-state index < -0.39 is 22.0 Å². The Morgan fingerprint density at radius 2 is 1.58 bits per heavy atom. The topological polar surface area (TPSA) is 114 Å². The normalized spacial score (nSPS) is 46.6. The van der Waals surface area contributed by atoms with Crippen LogP contribution in [0.4, 0.5) is 0 Å². The minimum Gasteiger partial charge on any atom is -0.463 e. The van der Waals surface area contributed by atoms with E-state index in [0.717, 1.165) is 50.5 Å². The SMILES string of the molecule is CC(=O)O[C@H]1CC[C@@]2(C)[C@@H](CC[C@@H]3[C@@H]2C[C@@H](OC(C)=O)[C@]2(C)[C@@H]4[C@H](C[C@@H]32)O[C@@]2(OC[C@H](C)C[C@@H]2OS(=O)(=O)c2ccc(C)cc2)[C@H]4C)C1. The maximum absolute atomic E-state index is 13.6. The molecule has 1 aromatic carbocycles. The van der Waals surface area contributed by atoms with Crippen molar-refractivity contribution in [3.05, 3.63) is 29.8 Å². The van der Waals surface area contributed by atoms with Crippen LogP contribution in [-0.4, -0.2) is 57.2 Å². The molecule has 48 heavy (non-hydrogen) atoms. The Morgan fingerprint density at radius 1 is 0.875 bits per heavy atom. The minimum atomic E-state index is -4.08. The number of ether oxygens (including phenoxy) is 4. The summed E-state index contributed by atoms with van der Waals surface area (Å²) in [5, 5.41) is 0. The van der Waals surface area contributed by atoms with Gasteiger partial charge in [-0.25, -0.2) is 0 Å². The van der Waals surface area contributed by atoms with E-state index in [1.165, 1.54) is 13.8 Å². The van der Waals surface area contributed by atoms with Gasteiger partial charge in [-0.1, -0.05) is 45.4 Å². The lowest BCUT2D eigenvalue weighted by Gasteiger charge is -2.63. The van der Waals surface area contributed by atoms with Crippen LogP contribution < -0.4 is 0 Å².